The summed E-state index contributed by atoms with van der Waals surface area (Å²) in [5, 5.41) is 6.93. The molecule has 0 atom stereocenters. The number of anilines is 1. The van der Waals surface area contributed by atoms with E-state index in [4.69, 9.17) is 0 Å². The summed E-state index contributed by atoms with van der Waals surface area (Å²) in [5.74, 6) is -0.524. The number of nitrogens with zero attached hydrogens (tertiary/aromatic N) is 3. The van der Waals surface area contributed by atoms with Crippen molar-refractivity contribution < 1.29 is 13.2 Å². The second-order valence-electron chi connectivity index (χ2n) is 8.45. The largest absolute Gasteiger partial charge is 0.321 e. The van der Waals surface area contributed by atoms with Crippen LogP contribution in [0.1, 0.15) is 47.3 Å². The molecule has 8 nitrogen and oxygen atoms in total. The van der Waals surface area contributed by atoms with Crippen LogP contribution in [0.15, 0.2) is 70.4 Å². The molecule has 1 aliphatic rings. The number of hydrogen-bond donors (Lipinski definition) is 1. The van der Waals surface area contributed by atoms with E-state index in [1.54, 1.807) is 19.1 Å². The summed E-state index contributed by atoms with van der Waals surface area (Å²) < 4.78 is 29.3. The fourth-order valence-corrected chi connectivity index (χ4v) is 5.78. The Morgan fingerprint density at radius 2 is 1.68 bits per heavy atom. The highest BCUT2D eigenvalue weighted by Crippen LogP contribution is 2.26. The zero-order valence-electron chi connectivity index (χ0n) is 19.1. The van der Waals surface area contributed by atoms with Gasteiger partial charge in [-0.15, -0.1) is 0 Å². The minimum absolute atomic E-state index is 0.0630. The van der Waals surface area contributed by atoms with Crippen molar-refractivity contribution in [1.29, 1.82) is 0 Å². The molecule has 1 aromatic heterocycles. The third-order valence-corrected chi connectivity index (χ3v) is 7.94. The van der Waals surface area contributed by atoms with Crippen LogP contribution < -0.4 is 10.9 Å². The molecular formula is C25H28N4O4S. The van der Waals surface area contributed by atoms with Gasteiger partial charge in [0.15, 0.2) is 0 Å². The molecular weight excluding hydrogens is 452 g/mol. The smallest absolute Gasteiger partial charge is 0.276 e. The Kier molecular flexibility index (Phi) is 7.23. The molecule has 0 aliphatic carbocycles. The molecule has 0 bridgehead atoms. The highest BCUT2D eigenvalue weighted by atomic mass is 32.2. The van der Waals surface area contributed by atoms with Crippen LogP contribution in [-0.4, -0.2) is 41.5 Å². The standard InChI is InChI=1S/C25H28N4O4S/c1-19-11-12-21(17-23(19)34(32,33)28-15-7-2-3-8-16-28)26-25(31)22-13-14-24(30)29(27-22)18-20-9-5-4-6-10-20/h4-6,9-14,17H,2-3,7-8,15-16,18H2,1H3,(H,26,31). The van der Waals surface area contributed by atoms with E-state index < -0.39 is 15.9 Å². The first-order valence-electron chi connectivity index (χ1n) is 11.4. The summed E-state index contributed by atoms with van der Waals surface area (Å²) in [6.07, 6.45) is 3.75. The maximum Gasteiger partial charge on any atom is 0.276 e. The quantitative estimate of drug-likeness (QED) is 0.583. The molecule has 3 aromatic rings. The van der Waals surface area contributed by atoms with Crippen molar-refractivity contribution in [3.8, 4) is 0 Å². The lowest BCUT2D eigenvalue weighted by Gasteiger charge is -2.21. The third kappa shape index (κ3) is 5.43. The minimum atomic E-state index is -3.66. The van der Waals surface area contributed by atoms with Crippen molar-refractivity contribution in [2.24, 2.45) is 0 Å². The van der Waals surface area contributed by atoms with E-state index in [-0.39, 0.29) is 22.7 Å². The van der Waals surface area contributed by atoms with Gasteiger partial charge in [0, 0.05) is 24.8 Å². The van der Waals surface area contributed by atoms with Crippen LogP contribution >= 0.6 is 0 Å². The summed E-state index contributed by atoms with van der Waals surface area (Å²) in [7, 11) is -3.66. The number of rotatable bonds is 6. The lowest BCUT2D eigenvalue weighted by Crippen LogP contribution is -2.32. The number of hydrogen-bond acceptors (Lipinski definition) is 5. The Bertz CT molecular complexity index is 1330. The summed E-state index contributed by atoms with van der Waals surface area (Å²) in [6, 6.07) is 16.9. The average molecular weight is 481 g/mol. The van der Waals surface area contributed by atoms with Gasteiger partial charge in [-0.1, -0.05) is 49.2 Å². The van der Waals surface area contributed by atoms with Gasteiger partial charge in [-0.3, -0.25) is 9.59 Å². The molecule has 34 heavy (non-hydrogen) atoms. The Labute approximate surface area is 199 Å². The van der Waals surface area contributed by atoms with Crippen LogP contribution in [0.5, 0.6) is 0 Å². The fraction of sp³-hybridized carbons (Fsp3) is 0.320. The van der Waals surface area contributed by atoms with Gasteiger partial charge < -0.3 is 5.32 Å². The van der Waals surface area contributed by atoms with Gasteiger partial charge in [0.1, 0.15) is 5.69 Å². The van der Waals surface area contributed by atoms with Crippen molar-refractivity contribution in [2.45, 2.75) is 44.0 Å². The molecule has 0 spiro atoms. The first-order chi connectivity index (χ1) is 16.3. The predicted molar refractivity (Wildman–Crippen MR) is 130 cm³/mol. The van der Waals surface area contributed by atoms with Crippen molar-refractivity contribution >= 4 is 21.6 Å². The molecule has 4 rings (SSSR count). The SMILES string of the molecule is Cc1ccc(NC(=O)c2ccc(=O)n(Cc3ccccc3)n2)cc1S(=O)(=O)N1CCCCCC1. The molecule has 9 heteroatoms. The summed E-state index contributed by atoms with van der Waals surface area (Å²) in [4.78, 5) is 25.3. The molecule has 0 unspecified atom stereocenters. The minimum Gasteiger partial charge on any atom is -0.321 e. The molecule has 0 saturated carbocycles. The highest BCUT2D eigenvalue weighted by molar-refractivity contribution is 7.89. The highest BCUT2D eigenvalue weighted by Gasteiger charge is 2.27. The molecule has 1 amide bonds. The fourth-order valence-electron chi connectivity index (χ4n) is 4.01. The van der Waals surface area contributed by atoms with Gasteiger partial charge in [-0.05, 0) is 49.1 Å². The zero-order chi connectivity index (χ0) is 24.1. The second kappa shape index (κ2) is 10.3. The van der Waals surface area contributed by atoms with Gasteiger partial charge in [0.25, 0.3) is 11.5 Å². The number of carbonyl (C=O) groups excluding carboxylic acids is 1. The van der Waals surface area contributed by atoms with E-state index in [1.807, 2.05) is 30.3 Å². The zero-order valence-corrected chi connectivity index (χ0v) is 19.9. The maximum absolute atomic E-state index is 13.3. The Balaban J connectivity index is 1.56. The van der Waals surface area contributed by atoms with Crippen LogP contribution in [0, 0.1) is 6.92 Å². The van der Waals surface area contributed by atoms with Gasteiger partial charge in [-0.2, -0.15) is 9.40 Å². The molecule has 1 saturated heterocycles. The summed E-state index contributed by atoms with van der Waals surface area (Å²) in [5.41, 5.74) is 1.61. The molecule has 2 heterocycles. The molecule has 178 valence electrons. The van der Waals surface area contributed by atoms with E-state index in [9.17, 15) is 18.0 Å². The number of sulfonamides is 1. The van der Waals surface area contributed by atoms with Crippen LogP contribution in [0.2, 0.25) is 0 Å². The van der Waals surface area contributed by atoms with E-state index in [1.165, 1.54) is 27.2 Å². The number of aromatic nitrogens is 2. The van der Waals surface area contributed by atoms with E-state index >= 15 is 0 Å². The normalized spacial score (nSPS) is 15.0. The molecule has 2 aromatic carbocycles. The Morgan fingerprint density at radius 3 is 2.38 bits per heavy atom. The van der Waals surface area contributed by atoms with Crippen LogP contribution in [0.3, 0.4) is 0 Å². The van der Waals surface area contributed by atoms with Crippen molar-refractivity contribution in [3.05, 3.63) is 87.8 Å². The van der Waals surface area contributed by atoms with Crippen molar-refractivity contribution in [1.82, 2.24) is 14.1 Å². The van der Waals surface area contributed by atoms with Crippen LogP contribution in [0.25, 0.3) is 0 Å². The lowest BCUT2D eigenvalue weighted by atomic mass is 10.2. The van der Waals surface area contributed by atoms with Crippen molar-refractivity contribution in [2.75, 3.05) is 18.4 Å². The van der Waals surface area contributed by atoms with Gasteiger partial charge in [0.05, 0.1) is 11.4 Å². The molecule has 1 N–H and O–H groups in total. The van der Waals surface area contributed by atoms with E-state index in [0.717, 1.165) is 31.2 Å². The third-order valence-electron chi connectivity index (χ3n) is 5.90. The van der Waals surface area contributed by atoms with Gasteiger partial charge in [0.2, 0.25) is 10.0 Å². The monoisotopic (exact) mass is 480 g/mol. The molecule has 1 fully saturated rings. The first kappa shape index (κ1) is 23.8. The summed E-state index contributed by atoms with van der Waals surface area (Å²) >= 11 is 0. The van der Waals surface area contributed by atoms with Crippen LogP contribution in [0.4, 0.5) is 5.69 Å². The van der Waals surface area contributed by atoms with E-state index in [0.29, 0.717) is 24.3 Å². The number of nitrogens with one attached hydrogen (secondary N) is 1. The summed E-state index contributed by atoms with van der Waals surface area (Å²) in [6.45, 7) is 3.00. The Morgan fingerprint density at radius 1 is 0.971 bits per heavy atom. The number of benzene rings is 2. The average Bonchev–Trinajstić information content (AvgIpc) is 3.12. The number of amides is 1. The van der Waals surface area contributed by atoms with Crippen molar-refractivity contribution in [3.63, 3.8) is 0 Å². The van der Waals surface area contributed by atoms with Crippen LogP contribution in [-0.2, 0) is 16.6 Å². The number of aryl methyl sites for hydroxylation is 1. The lowest BCUT2D eigenvalue weighted by molar-refractivity contribution is 0.102. The molecule has 1 aliphatic heterocycles. The first-order valence-corrected chi connectivity index (χ1v) is 12.8. The Hall–Kier alpha value is -3.30. The van der Waals surface area contributed by atoms with E-state index in [2.05, 4.69) is 10.4 Å². The number of carbonyl (C=O) groups is 1. The van der Waals surface area contributed by atoms with Gasteiger partial charge >= 0.3 is 0 Å². The topological polar surface area (TPSA) is 101 Å². The maximum atomic E-state index is 13.3. The van der Waals surface area contributed by atoms with Gasteiger partial charge in [-0.25, -0.2) is 13.1 Å². The predicted octanol–water partition coefficient (Wildman–Crippen LogP) is 3.42. The molecule has 0 radical (unpaired) electrons. The second-order valence-corrected chi connectivity index (χ2v) is 10.4.